The maximum Gasteiger partial charge on any atom is 0.319 e. The van der Waals surface area contributed by atoms with Gasteiger partial charge >= 0.3 is 6.03 Å². The van der Waals surface area contributed by atoms with Crippen molar-refractivity contribution in [2.24, 2.45) is 5.92 Å². The van der Waals surface area contributed by atoms with Crippen molar-refractivity contribution < 1.29 is 9.59 Å². The summed E-state index contributed by atoms with van der Waals surface area (Å²) in [5, 5.41) is 12.4. The Balaban J connectivity index is 1.87. The van der Waals surface area contributed by atoms with E-state index >= 15 is 0 Å². The molecule has 6 heteroatoms. The van der Waals surface area contributed by atoms with Crippen LogP contribution in [0.4, 0.5) is 4.79 Å². The van der Waals surface area contributed by atoms with Crippen molar-refractivity contribution in [3.63, 3.8) is 0 Å². The molecule has 0 aromatic rings. The highest BCUT2D eigenvalue weighted by Gasteiger charge is 2.36. The number of carbonyl (C=O) groups is 2. The van der Waals surface area contributed by atoms with E-state index in [1.807, 2.05) is 0 Å². The van der Waals surface area contributed by atoms with Crippen molar-refractivity contribution in [1.82, 2.24) is 15.1 Å². The number of urea groups is 1. The van der Waals surface area contributed by atoms with Crippen LogP contribution in [0.1, 0.15) is 44.9 Å². The minimum Gasteiger partial charge on any atom is -0.338 e. The van der Waals surface area contributed by atoms with Crippen molar-refractivity contribution in [3.05, 3.63) is 0 Å². The topological polar surface area (TPSA) is 76.4 Å². The summed E-state index contributed by atoms with van der Waals surface area (Å²) in [7, 11) is 3.47. The van der Waals surface area contributed by atoms with E-state index < -0.39 is 5.54 Å². The number of carbonyl (C=O) groups excluding carboxylic acids is 2. The fourth-order valence-electron chi connectivity index (χ4n) is 3.37. The molecule has 22 heavy (non-hydrogen) atoms. The highest BCUT2D eigenvalue weighted by Crippen LogP contribution is 2.29. The van der Waals surface area contributed by atoms with Crippen LogP contribution in [-0.4, -0.2) is 54.5 Å². The zero-order chi connectivity index (χ0) is 16.2. The normalized spacial score (nSPS) is 21.8. The molecule has 1 saturated carbocycles. The quantitative estimate of drug-likeness (QED) is 0.844. The highest BCUT2D eigenvalue weighted by molar-refractivity contribution is 5.80. The zero-order valence-corrected chi connectivity index (χ0v) is 13.6. The largest absolute Gasteiger partial charge is 0.338 e. The number of nitrogens with one attached hydrogen (secondary N) is 1. The van der Waals surface area contributed by atoms with Crippen LogP contribution < -0.4 is 5.32 Å². The molecule has 122 valence electrons. The van der Waals surface area contributed by atoms with Gasteiger partial charge in [0.05, 0.1) is 6.07 Å². The smallest absolute Gasteiger partial charge is 0.319 e. The van der Waals surface area contributed by atoms with Crippen LogP contribution in [0.25, 0.3) is 0 Å². The molecule has 0 aromatic carbocycles. The summed E-state index contributed by atoms with van der Waals surface area (Å²) >= 11 is 0. The Morgan fingerprint density at radius 3 is 2.27 bits per heavy atom. The molecule has 2 rings (SSSR count). The molecule has 0 unspecified atom stereocenters. The number of nitriles is 1. The standard InChI is InChI=1S/C16H26N4O2/c1-19(2)15(22)20-10-6-13(7-11-20)14(21)18-16(12-17)8-4-3-5-9-16/h13H,3-11H2,1-2H3,(H,18,21). The van der Waals surface area contributed by atoms with E-state index in [4.69, 9.17) is 0 Å². The third-order valence-corrected chi connectivity index (χ3v) is 4.80. The molecule has 0 aromatic heterocycles. The summed E-state index contributed by atoms with van der Waals surface area (Å²) in [4.78, 5) is 27.7. The minimum absolute atomic E-state index is 0.000339. The summed E-state index contributed by atoms with van der Waals surface area (Å²) in [5.41, 5.74) is -0.661. The molecule has 6 nitrogen and oxygen atoms in total. The lowest BCUT2D eigenvalue weighted by Gasteiger charge is -2.36. The van der Waals surface area contributed by atoms with Gasteiger partial charge < -0.3 is 15.1 Å². The second-order valence-electron chi connectivity index (χ2n) is 6.68. The lowest BCUT2D eigenvalue weighted by molar-refractivity contribution is -0.128. The molecule has 1 saturated heterocycles. The van der Waals surface area contributed by atoms with E-state index in [9.17, 15) is 14.9 Å². The van der Waals surface area contributed by atoms with Gasteiger partial charge in [0.15, 0.2) is 0 Å². The van der Waals surface area contributed by atoms with Crippen LogP contribution in [0.5, 0.6) is 0 Å². The molecule has 0 spiro atoms. The van der Waals surface area contributed by atoms with Gasteiger partial charge in [-0.1, -0.05) is 19.3 Å². The molecular formula is C16H26N4O2. The number of likely N-dealkylation sites (tertiary alicyclic amines) is 1. The highest BCUT2D eigenvalue weighted by atomic mass is 16.2. The van der Waals surface area contributed by atoms with Gasteiger partial charge in [0.1, 0.15) is 5.54 Å². The number of amides is 3. The van der Waals surface area contributed by atoms with Crippen LogP contribution in [-0.2, 0) is 4.79 Å². The van der Waals surface area contributed by atoms with Crippen molar-refractivity contribution in [3.8, 4) is 6.07 Å². The molecule has 0 atom stereocenters. The first-order valence-corrected chi connectivity index (χ1v) is 8.17. The van der Waals surface area contributed by atoms with Crippen LogP contribution in [0.3, 0.4) is 0 Å². The first-order chi connectivity index (χ1) is 10.5. The van der Waals surface area contributed by atoms with E-state index in [2.05, 4.69) is 11.4 Å². The van der Waals surface area contributed by atoms with Crippen LogP contribution in [0, 0.1) is 17.2 Å². The summed E-state index contributed by atoms with van der Waals surface area (Å²) in [6.45, 7) is 1.21. The van der Waals surface area contributed by atoms with E-state index in [1.165, 1.54) is 0 Å². The molecule has 1 aliphatic heterocycles. The van der Waals surface area contributed by atoms with E-state index in [0.29, 0.717) is 25.9 Å². The van der Waals surface area contributed by atoms with Gasteiger partial charge in [-0.25, -0.2) is 4.79 Å². The van der Waals surface area contributed by atoms with E-state index in [0.717, 1.165) is 32.1 Å². The van der Waals surface area contributed by atoms with E-state index in [-0.39, 0.29) is 17.9 Å². The van der Waals surface area contributed by atoms with Gasteiger partial charge in [-0.3, -0.25) is 4.79 Å². The Morgan fingerprint density at radius 2 is 1.77 bits per heavy atom. The van der Waals surface area contributed by atoms with Crippen molar-refractivity contribution in [2.45, 2.75) is 50.5 Å². The average molecular weight is 306 g/mol. The maximum atomic E-state index is 12.5. The Labute approximate surface area is 132 Å². The number of rotatable bonds is 2. The Bertz CT molecular complexity index is 455. The van der Waals surface area contributed by atoms with Crippen molar-refractivity contribution >= 4 is 11.9 Å². The second-order valence-corrected chi connectivity index (χ2v) is 6.68. The molecule has 3 amide bonds. The average Bonchev–Trinajstić information content (AvgIpc) is 2.55. The number of hydrogen-bond acceptors (Lipinski definition) is 3. The summed E-state index contributed by atoms with van der Waals surface area (Å²) in [5.74, 6) is -0.0984. The Kier molecular flexibility index (Phi) is 5.28. The monoisotopic (exact) mass is 306 g/mol. The first kappa shape index (κ1) is 16.6. The molecule has 2 aliphatic rings. The predicted molar refractivity (Wildman–Crippen MR) is 83.0 cm³/mol. The summed E-state index contributed by atoms with van der Waals surface area (Å²) in [6.07, 6.45) is 6.01. The Morgan fingerprint density at radius 1 is 1.18 bits per heavy atom. The van der Waals surface area contributed by atoms with Crippen LogP contribution >= 0.6 is 0 Å². The molecule has 0 bridgehead atoms. The Hall–Kier alpha value is -1.77. The van der Waals surface area contributed by atoms with Gasteiger partial charge in [-0.05, 0) is 25.7 Å². The molecule has 1 N–H and O–H groups in total. The summed E-state index contributed by atoms with van der Waals surface area (Å²) in [6, 6.07) is 2.33. The molecule has 1 heterocycles. The fraction of sp³-hybridized carbons (Fsp3) is 0.812. The maximum absolute atomic E-state index is 12.5. The number of piperidine rings is 1. The number of hydrogen-bond donors (Lipinski definition) is 1. The van der Waals surface area contributed by atoms with Gasteiger partial charge in [0, 0.05) is 33.1 Å². The second kappa shape index (κ2) is 6.99. The van der Waals surface area contributed by atoms with Crippen LogP contribution in [0.2, 0.25) is 0 Å². The molecule has 1 aliphatic carbocycles. The lowest BCUT2D eigenvalue weighted by atomic mass is 9.82. The lowest BCUT2D eigenvalue weighted by Crippen LogP contribution is -2.53. The van der Waals surface area contributed by atoms with Crippen LogP contribution in [0.15, 0.2) is 0 Å². The van der Waals surface area contributed by atoms with Gasteiger partial charge in [0.2, 0.25) is 5.91 Å². The molecular weight excluding hydrogens is 280 g/mol. The summed E-state index contributed by atoms with van der Waals surface area (Å²) < 4.78 is 0. The van der Waals surface area contributed by atoms with Gasteiger partial charge in [-0.15, -0.1) is 0 Å². The third kappa shape index (κ3) is 3.70. The molecule has 0 radical (unpaired) electrons. The first-order valence-electron chi connectivity index (χ1n) is 8.17. The van der Waals surface area contributed by atoms with E-state index in [1.54, 1.807) is 23.9 Å². The van der Waals surface area contributed by atoms with Gasteiger partial charge in [-0.2, -0.15) is 5.26 Å². The third-order valence-electron chi connectivity index (χ3n) is 4.80. The SMILES string of the molecule is CN(C)C(=O)N1CCC(C(=O)NC2(C#N)CCCCC2)CC1. The fourth-order valence-corrected chi connectivity index (χ4v) is 3.37. The molecule has 2 fully saturated rings. The van der Waals surface area contributed by atoms with Crippen molar-refractivity contribution in [2.75, 3.05) is 27.2 Å². The predicted octanol–water partition coefficient (Wildman–Crippen LogP) is 1.72. The minimum atomic E-state index is -0.661. The number of nitrogens with zero attached hydrogens (tertiary/aromatic N) is 3. The van der Waals surface area contributed by atoms with Crippen molar-refractivity contribution in [1.29, 1.82) is 5.26 Å². The van der Waals surface area contributed by atoms with Gasteiger partial charge in [0.25, 0.3) is 0 Å². The zero-order valence-electron chi connectivity index (χ0n) is 13.6.